The SMILES string of the molecule is O=C(c1cc2ccccc2[nH]1)N1CC(O)C1. The van der Waals surface area contributed by atoms with Gasteiger partial charge in [0.05, 0.1) is 6.10 Å². The van der Waals surface area contributed by atoms with Gasteiger partial charge in [-0.1, -0.05) is 18.2 Å². The van der Waals surface area contributed by atoms with Crippen molar-refractivity contribution >= 4 is 16.8 Å². The van der Waals surface area contributed by atoms with E-state index < -0.39 is 0 Å². The minimum Gasteiger partial charge on any atom is -0.389 e. The smallest absolute Gasteiger partial charge is 0.270 e. The average Bonchev–Trinajstić information content (AvgIpc) is 2.67. The number of fused-ring (bicyclic) bond motifs is 1. The molecule has 1 fully saturated rings. The number of hydrogen-bond donors (Lipinski definition) is 2. The summed E-state index contributed by atoms with van der Waals surface area (Å²) in [6, 6.07) is 9.63. The molecule has 82 valence electrons. The van der Waals surface area contributed by atoms with E-state index in [4.69, 9.17) is 5.11 Å². The summed E-state index contributed by atoms with van der Waals surface area (Å²) in [4.78, 5) is 16.6. The zero-order valence-corrected chi connectivity index (χ0v) is 8.68. The van der Waals surface area contributed by atoms with Crippen molar-refractivity contribution in [2.75, 3.05) is 13.1 Å². The number of para-hydroxylation sites is 1. The topological polar surface area (TPSA) is 56.3 Å². The Hall–Kier alpha value is -1.81. The second-order valence-corrected chi connectivity index (χ2v) is 4.13. The van der Waals surface area contributed by atoms with Crippen LogP contribution < -0.4 is 0 Å². The Morgan fingerprint density at radius 1 is 1.38 bits per heavy atom. The molecule has 0 atom stereocenters. The Labute approximate surface area is 92.5 Å². The van der Waals surface area contributed by atoms with Crippen molar-refractivity contribution in [1.29, 1.82) is 0 Å². The molecule has 1 aromatic heterocycles. The molecule has 2 aromatic rings. The van der Waals surface area contributed by atoms with Crippen LogP contribution in [0.1, 0.15) is 10.5 Å². The minimum absolute atomic E-state index is 0.0403. The summed E-state index contributed by atoms with van der Waals surface area (Å²) >= 11 is 0. The molecule has 1 aromatic carbocycles. The highest BCUT2D eigenvalue weighted by molar-refractivity contribution is 5.98. The zero-order valence-electron chi connectivity index (χ0n) is 8.68. The summed E-state index contributed by atoms with van der Waals surface area (Å²) < 4.78 is 0. The van der Waals surface area contributed by atoms with Gasteiger partial charge in [-0.2, -0.15) is 0 Å². The maximum Gasteiger partial charge on any atom is 0.270 e. The third kappa shape index (κ3) is 1.39. The summed E-state index contributed by atoms with van der Waals surface area (Å²) in [7, 11) is 0. The van der Waals surface area contributed by atoms with Crippen LogP contribution in [0.2, 0.25) is 0 Å². The molecule has 2 heterocycles. The molecule has 0 bridgehead atoms. The monoisotopic (exact) mass is 216 g/mol. The van der Waals surface area contributed by atoms with Crippen LogP contribution in [-0.4, -0.2) is 40.1 Å². The molecule has 0 radical (unpaired) electrons. The molecule has 0 spiro atoms. The van der Waals surface area contributed by atoms with E-state index in [0.29, 0.717) is 18.8 Å². The average molecular weight is 216 g/mol. The van der Waals surface area contributed by atoms with E-state index in [1.807, 2.05) is 30.3 Å². The molecule has 0 saturated carbocycles. The molecule has 1 aliphatic rings. The van der Waals surface area contributed by atoms with Crippen molar-refractivity contribution < 1.29 is 9.90 Å². The molecule has 4 nitrogen and oxygen atoms in total. The molecule has 0 aliphatic carbocycles. The maximum atomic E-state index is 11.9. The van der Waals surface area contributed by atoms with E-state index >= 15 is 0 Å². The van der Waals surface area contributed by atoms with Crippen LogP contribution in [0.25, 0.3) is 10.9 Å². The quantitative estimate of drug-likeness (QED) is 0.746. The largest absolute Gasteiger partial charge is 0.389 e. The number of likely N-dealkylation sites (tertiary alicyclic amines) is 1. The molecule has 1 amide bonds. The number of β-amino-alcohol motifs (C(OH)–C–C–N with tert-alkyl or cyclic N) is 1. The Balaban J connectivity index is 1.91. The fraction of sp³-hybridized carbons (Fsp3) is 0.250. The van der Waals surface area contributed by atoms with Gasteiger partial charge in [-0.05, 0) is 12.1 Å². The zero-order chi connectivity index (χ0) is 11.1. The van der Waals surface area contributed by atoms with Gasteiger partial charge in [0.25, 0.3) is 5.91 Å². The number of H-pyrrole nitrogens is 1. The van der Waals surface area contributed by atoms with Gasteiger partial charge in [0.15, 0.2) is 0 Å². The van der Waals surface area contributed by atoms with Gasteiger partial charge in [-0.15, -0.1) is 0 Å². The van der Waals surface area contributed by atoms with Gasteiger partial charge < -0.3 is 15.0 Å². The van der Waals surface area contributed by atoms with E-state index in [0.717, 1.165) is 10.9 Å². The first-order chi connectivity index (χ1) is 7.74. The Morgan fingerprint density at radius 2 is 2.12 bits per heavy atom. The molecule has 1 aliphatic heterocycles. The van der Waals surface area contributed by atoms with Crippen molar-refractivity contribution in [1.82, 2.24) is 9.88 Å². The van der Waals surface area contributed by atoms with Crippen molar-refractivity contribution in [3.05, 3.63) is 36.0 Å². The second-order valence-electron chi connectivity index (χ2n) is 4.13. The first-order valence-corrected chi connectivity index (χ1v) is 5.29. The van der Waals surface area contributed by atoms with Gasteiger partial charge in [-0.3, -0.25) is 4.79 Å². The van der Waals surface area contributed by atoms with Gasteiger partial charge >= 0.3 is 0 Å². The number of aromatic nitrogens is 1. The lowest BCUT2D eigenvalue weighted by Gasteiger charge is -2.35. The van der Waals surface area contributed by atoms with E-state index in [9.17, 15) is 4.79 Å². The molecule has 1 saturated heterocycles. The number of nitrogens with zero attached hydrogens (tertiary/aromatic N) is 1. The number of hydrogen-bond acceptors (Lipinski definition) is 2. The van der Waals surface area contributed by atoms with Gasteiger partial charge in [0, 0.05) is 24.0 Å². The molecule has 2 N–H and O–H groups in total. The van der Waals surface area contributed by atoms with Crippen LogP contribution in [0.4, 0.5) is 0 Å². The van der Waals surface area contributed by atoms with E-state index in [2.05, 4.69) is 4.98 Å². The lowest BCUT2D eigenvalue weighted by atomic mass is 10.1. The number of benzene rings is 1. The number of aliphatic hydroxyl groups excluding tert-OH is 1. The summed E-state index contributed by atoms with van der Waals surface area (Å²) in [5.41, 5.74) is 1.56. The maximum absolute atomic E-state index is 11.9. The van der Waals surface area contributed by atoms with Crippen molar-refractivity contribution in [2.45, 2.75) is 6.10 Å². The Morgan fingerprint density at radius 3 is 2.81 bits per heavy atom. The van der Waals surface area contributed by atoms with Crippen LogP contribution in [0.5, 0.6) is 0 Å². The van der Waals surface area contributed by atoms with Crippen LogP contribution in [0.3, 0.4) is 0 Å². The summed E-state index contributed by atoms with van der Waals surface area (Å²) in [6.07, 6.45) is -0.353. The first kappa shape index (κ1) is 9.42. The predicted octanol–water partition coefficient (Wildman–Crippen LogP) is 0.985. The van der Waals surface area contributed by atoms with Crippen LogP contribution in [0, 0.1) is 0 Å². The second kappa shape index (κ2) is 3.35. The minimum atomic E-state index is -0.353. The van der Waals surface area contributed by atoms with E-state index in [1.165, 1.54) is 0 Å². The molecule has 3 rings (SSSR count). The van der Waals surface area contributed by atoms with Crippen LogP contribution in [-0.2, 0) is 0 Å². The Kier molecular flexibility index (Phi) is 1.97. The highest BCUT2D eigenvalue weighted by atomic mass is 16.3. The number of carbonyl (C=O) groups excluding carboxylic acids is 1. The summed E-state index contributed by atoms with van der Waals surface area (Å²) in [5, 5.41) is 10.2. The highest BCUT2D eigenvalue weighted by Gasteiger charge is 2.30. The third-order valence-electron chi connectivity index (χ3n) is 2.91. The van der Waals surface area contributed by atoms with E-state index in [-0.39, 0.29) is 12.0 Å². The number of amides is 1. The van der Waals surface area contributed by atoms with Gasteiger partial charge in [0.2, 0.25) is 0 Å². The fourth-order valence-corrected chi connectivity index (χ4v) is 1.98. The van der Waals surface area contributed by atoms with Crippen LogP contribution in [0.15, 0.2) is 30.3 Å². The van der Waals surface area contributed by atoms with E-state index in [1.54, 1.807) is 4.90 Å². The molecule has 4 heteroatoms. The fourth-order valence-electron chi connectivity index (χ4n) is 1.98. The third-order valence-corrected chi connectivity index (χ3v) is 2.91. The summed E-state index contributed by atoms with van der Waals surface area (Å²) in [6.45, 7) is 0.877. The number of nitrogens with one attached hydrogen (secondary N) is 1. The predicted molar refractivity (Wildman–Crippen MR) is 60.2 cm³/mol. The van der Waals surface area contributed by atoms with Crippen LogP contribution >= 0.6 is 0 Å². The standard InChI is InChI=1S/C12H12N2O2/c15-9-6-14(7-9)12(16)11-5-8-3-1-2-4-10(8)13-11/h1-5,9,13,15H,6-7H2. The highest BCUT2D eigenvalue weighted by Crippen LogP contribution is 2.18. The lowest BCUT2D eigenvalue weighted by Crippen LogP contribution is -2.53. The molecular weight excluding hydrogens is 204 g/mol. The van der Waals surface area contributed by atoms with Gasteiger partial charge in [-0.25, -0.2) is 0 Å². The first-order valence-electron chi connectivity index (χ1n) is 5.29. The lowest BCUT2D eigenvalue weighted by molar-refractivity contribution is 0.00557. The van der Waals surface area contributed by atoms with Crippen molar-refractivity contribution in [2.24, 2.45) is 0 Å². The number of aromatic amines is 1. The number of rotatable bonds is 1. The van der Waals surface area contributed by atoms with Gasteiger partial charge in [0.1, 0.15) is 5.69 Å². The van der Waals surface area contributed by atoms with Crippen molar-refractivity contribution in [3.8, 4) is 0 Å². The molecular formula is C12H12N2O2. The van der Waals surface area contributed by atoms with Crippen molar-refractivity contribution in [3.63, 3.8) is 0 Å². The Bertz CT molecular complexity index is 508. The molecule has 0 unspecified atom stereocenters. The number of aliphatic hydroxyl groups is 1. The normalized spacial score (nSPS) is 16.4. The molecule has 16 heavy (non-hydrogen) atoms. The number of carbonyl (C=O) groups is 1. The summed E-state index contributed by atoms with van der Waals surface area (Å²) in [5.74, 6) is -0.0403.